The van der Waals surface area contributed by atoms with E-state index in [1.54, 1.807) is 18.3 Å². The zero-order chi connectivity index (χ0) is 16.2. The molecular formula is C19H16N2O2. The highest BCUT2D eigenvalue weighted by Crippen LogP contribution is 2.19. The minimum Gasteiger partial charge on any atom is -0.478 e. The molecule has 23 heavy (non-hydrogen) atoms. The third-order valence-corrected chi connectivity index (χ3v) is 3.69. The topological polar surface area (TPSA) is 63.1 Å². The maximum atomic E-state index is 10.9. The minimum atomic E-state index is -0.916. The molecule has 0 radical (unpaired) electrons. The van der Waals surface area contributed by atoms with Crippen molar-refractivity contribution in [1.82, 2.24) is 9.97 Å². The van der Waals surface area contributed by atoms with E-state index in [4.69, 9.17) is 5.11 Å². The SMILES string of the molecule is Cc1ccccc1-c1nccc(Cc2ccc(C(=O)O)cc2)n1. The van der Waals surface area contributed by atoms with Crippen LogP contribution in [0.1, 0.15) is 27.2 Å². The van der Waals surface area contributed by atoms with Crippen molar-refractivity contribution in [3.63, 3.8) is 0 Å². The van der Waals surface area contributed by atoms with Crippen molar-refractivity contribution in [2.24, 2.45) is 0 Å². The van der Waals surface area contributed by atoms with Crippen molar-refractivity contribution in [3.8, 4) is 11.4 Å². The Morgan fingerprint density at radius 1 is 1.04 bits per heavy atom. The van der Waals surface area contributed by atoms with E-state index < -0.39 is 5.97 Å². The van der Waals surface area contributed by atoms with Gasteiger partial charge >= 0.3 is 5.97 Å². The second-order valence-electron chi connectivity index (χ2n) is 5.37. The van der Waals surface area contributed by atoms with Gasteiger partial charge in [0, 0.05) is 23.9 Å². The van der Waals surface area contributed by atoms with Gasteiger partial charge in [-0.2, -0.15) is 0 Å². The molecule has 0 saturated carbocycles. The maximum absolute atomic E-state index is 10.9. The van der Waals surface area contributed by atoms with Crippen molar-refractivity contribution in [3.05, 3.63) is 83.2 Å². The Hall–Kier alpha value is -3.01. The highest BCUT2D eigenvalue weighted by molar-refractivity contribution is 5.87. The molecule has 0 aliphatic rings. The first-order valence-corrected chi connectivity index (χ1v) is 7.33. The normalized spacial score (nSPS) is 10.5. The highest BCUT2D eigenvalue weighted by Gasteiger charge is 2.07. The smallest absolute Gasteiger partial charge is 0.335 e. The summed E-state index contributed by atoms with van der Waals surface area (Å²) in [6.45, 7) is 2.04. The Balaban J connectivity index is 1.86. The number of hydrogen-bond acceptors (Lipinski definition) is 3. The number of aromatic nitrogens is 2. The molecule has 114 valence electrons. The summed E-state index contributed by atoms with van der Waals surface area (Å²) in [5, 5.41) is 8.93. The Bertz CT molecular complexity index is 842. The number of carboxylic acid groups (broad SMARTS) is 1. The molecule has 0 spiro atoms. The lowest BCUT2D eigenvalue weighted by Gasteiger charge is -2.07. The Morgan fingerprint density at radius 3 is 2.48 bits per heavy atom. The van der Waals surface area contributed by atoms with Crippen LogP contribution in [0.25, 0.3) is 11.4 Å². The summed E-state index contributed by atoms with van der Waals surface area (Å²) in [5.74, 6) is -0.205. The summed E-state index contributed by atoms with van der Waals surface area (Å²) in [7, 11) is 0. The van der Waals surface area contributed by atoms with Crippen LogP contribution in [0.2, 0.25) is 0 Å². The molecule has 0 aliphatic carbocycles. The van der Waals surface area contributed by atoms with E-state index in [9.17, 15) is 4.79 Å². The van der Waals surface area contributed by atoms with Crippen LogP contribution >= 0.6 is 0 Å². The molecule has 0 saturated heterocycles. The Kier molecular flexibility index (Phi) is 4.15. The summed E-state index contributed by atoms with van der Waals surface area (Å²) < 4.78 is 0. The maximum Gasteiger partial charge on any atom is 0.335 e. The lowest BCUT2D eigenvalue weighted by atomic mass is 10.1. The van der Waals surface area contributed by atoms with Crippen LogP contribution in [0.15, 0.2) is 60.8 Å². The monoisotopic (exact) mass is 304 g/mol. The van der Waals surface area contributed by atoms with Crippen molar-refractivity contribution in [2.45, 2.75) is 13.3 Å². The van der Waals surface area contributed by atoms with Crippen molar-refractivity contribution < 1.29 is 9.90 Å². The van der Waals surface area contributed by atoms with Gasteiger partial charge in [0.25, 0.3) is 0 Å². The van der Waals surface area contributed by atoms with Crippen LogP contribution in [0.5, 0.6) is 0 Å². The van der Waals surface area contributed by atoms with E-state index in [2.05, 4.69) is 9.97 Å². The number of hydrogen-bond donors (Lipinski definition) is 1. The summed E-state index contributed by atoms with van der Waals surface area (Å²) in [4.78, 5) is 19.9. The van der Waals surface area contributed by atoms with Gasteiger partial charge in [-0.25, -0.2) is 14.8 Å². The van der Waals surface area contributed by atoms with Gasteiger partial charge in [-0.05, 0) is 36.2 Å². The largest absolute Gasteiger partial charge is 0.478 e. The number of carbonyl (C=O) groups is 1. The average molecular weight is 304 g/mol. The number of nitrogens with zero attached hydrogens (tertiary/aromatic N) is 2. The number of aryl methyl sites for hydroxylation is 1. The average Bonchev–Trinajstić information content (AvgIpc) is 2.56. The van der Waals surface area contributed by atoms with E-state index in [1.807, 2.05) is 49.4 Å². The minimum absolute atomic E-state index is 0.289. The van der Waals surface area contributed by atoms with Crippen molar-refractivity contribution >= 4 is 5.97 Å². The summed E-state index contributed by atoms with van der Waals surface area (Å²) >= 11 is 0. The van der Waals surface area contributed by atoms with Gasteiger partial charge in [-0.15, -0.1) is 0 Å². The van der Waals surface area contributed by atoms with Gasteiger partial charge in [-0.3, -0.25) is 0 Å². The molecule has 1 aromatic heterocycles. The zero-order valence-electron chi connectivity index (χ0n) is 12.7. The quantitative estimate of drug-likeness (QED) is 0.797. The van der Waals surface area contributed by atoms with E-state index in [0.717, 1.165) is 22.4 Å². The van der Waals surface area contributed by atoms with Crippen molar-refractivity contribution in [1.29, 1.82) is 0 Å². The van der Waals surface area contributed by atoms with Gasteiger partial charge in [-0.1, -0.05) is 36.4 Å². The second kappa shape index (κ2) is 6.40. The number of aromatic carboxylic acids is 1. The predicted octanol–water partition coefficient (Wildman–Crippen LogP) is 3.74. The first-order valence-electron chi connectivity index (χ1n) is 7.33. The third-order valence-electron chi connectivity index (χ3n) is 3.69. The van der Waals surface area contributed by atoms with Gasteiger partial charge in [0.1, 0.15) is 0 Å². The molecule has 0 fully saturated rings. The molecule has 4 heteroatoms. The molecule has 0 aliphatic heterocycles. The molecule has 2 aromatic carbocycles. The second-order valence-corrected chi connectivity index (χ2v) is 5.37. The first-order chi connectivity index (χ1) is 11.1. The Labute approximate surface area is 134 Å². The van der Waals surface area contributed by atoms with E-state index in [1.165, 1.54) is 0 Å². The van der Waals surface area contributed by atoms with Crippen LogP contribution in [0.3, 0.4) is 0 Å². The van der Waals surface area contributed by atoms with Gasteiger partial charge < -0.3 is 5.11 Å². The summed E-state index contributed by atoms with van der Waals surface area (Å²) in [6, 6.07) is 16.8. The summed E-state index contributed by atoms with van der Waals surface area (Å²) in [5.41, 5.74) is 4.37. The van der Waals surface area contributed by atoms with Crippen LogP contribution in [0.4, 0.5) is 0 Å². The molecule has 0 unspecified atom stereocenters. The fourth-order valence-corrected chi connectivity index (χ4v) is 2.42. The van der Waals surface area contributed by atoms with Crippen LogP contribution in [-0.2, 0) is 6.42 Å². The van der Waals surface area contributed by atoms with E-state index in [-0.39, 0.29) is 5.56 Å². The molecule has 0 amide bonds. The first kappa shape index (κ1) is 14.9. The number of rotatable bonds is 4. The molecule has 4 nitrogen and oxygen atoms in total. The molecule has 0 bridgehead atoms. The molecular weight excluding hydrogens is 288 g/mol. The van der Waals surface area contributed by atoms with Gasteiger partial charge in [0.15, 0.2) is 5.82 Å². The number of carboxylic acids is 1. The standard InChI is InChI=1S/C19H16N2O2/c1-13-4-2-3-5-17(13)18-20-11-10-16(21-18)12-14-6-8-15(9-7-14)19(22)23/h2-11H,12H2,1H3,(H,22,23). The van der Waals surface area contributed by atoms with E-state index >= 15 is 0 Å². The lowest BCUT2D eigenvalue weighted by Crippen LogP contribution is -1.99. The van der Waals surface area contributed by atoms with Gasteiger partial charge in [0.2, 0.25) is 0 Å². The molecule has 3 aromatic rings. The van der Waals surface area contributed by atoms with Gasteiger partial charge in [0.05, 0.1) is 5.56 Å². The Morgan fingerprint density at radius 2 is 1.78 bits per heavy atom. The molecule has 3 rings (SSSR count). The fraction of sp³-hybridized carbons (Fsp3) is 0.105. The zero-order valence-corrected chi connectivity index (χ0v) is 12.7. The number of benzene rings is 2. The predicted molar refractivity (Wildman–Crippen MR) is 88.4 cm³/mol. The van der Waals surface area contributed by atoms with Crippen LogP contribution in [0, 0.1) is 6.92 Å². The third kappa shape index (κ3) is 3.43. The van der Waals surface area contributed by atoms with Crippen molar-refractivity contribution in [2.75, 3.05) is 0 Å². The summed E-state index contributed by atoms with van der Waals surface area (Å²) in [6.07, 6.45) is 2.40. The molecule has 0 atom stereocenters. The fourth-order valence-electron chi connectivity index (χ4n) is 2.42. The lowest BCUT2D eigenvalue weighted by molar-refractivity contribution is 0.0697. The molecule has 1 N–H and O–H groups in total. The van der Waals surface area contributed by atoms with Crippen LogP contribution < -0.4 is 0 Å². The van der Waals surface area contributed by atoms with E-state index in [0.29, 0.717) is 12.2 Å². The highest BCUT2D eigenvalue weighted by atomic mass is 16.4. The van der Waals surface area contributed by atoms with Crippen LogP contribution in [-0.4, -0.2) is 21.0 Å². The molecule has 1 heterocycles.